The van der Waals surface area contributed by atoms with Crippen molar-refractivity contribution in [1.29, 1.82) is 0 Å². The maximum atomic E-state index is 13.1. The molecule has 6 nitrogen and oxygen atoms in total. The van der Waals surface area contributed by atoms with E-state index in [1.807, 2.05) is 42.3 Å². The molecule has 0 aliphatic carbocycles. The van der Waals surface area contributed by atoms with E-state index in [0.29, 0.717) is 17.9 Å². The lowest BCUT2D eigenvalue weighted by molar-refractivity contribution is -0.138. The minimum absolute atomic E-state index is 0.215. The Kier molecular flexibility index (Phi) is 5.74. The summed E-state index contributed by atoms with van der Waals surface area (Å²) >= 11 is 0. The Morgan fingerprint density at radius 3 is 2.38 bits per heavy atom. The fourth-order valence-electron chi connectivity index (χ4n) is 3.71. The zero-order chi connectivity index (χ0) is 18.7. The van der Waals surface area contributed by atoms with Crippen molar-refractivity contribution in [2.24, 2.45) is 0 Å². The zero-order valence-corrected chi connectivity index (χ0v) is 15.8. The van der Waals surface area contributed by atoms with Crippen LogP contribution in [0.15, 0.2) is 36.0 Å². The molecule has 0 N–H and O–H groups in total. The molecule has 1 aromatic carbocycles. The third kappa shape index (κ3) is 3.52. The highest BCUT2D eigenvalue weighted by atomic mass is 16.5. The normalized spacial score (nSPS) is 19.6. The number of nitrogens with zero attached hydrogens (tertiary/aromatic N) is 3. The van der Waals surface area contributed by atoms with Gasteiger partial charge in [-0.3, -0.25) is 14.5 Å². The van der Waals surface area contributed by atoms with Crippen molar-refractivity contribution < 1.29 is 14.3 Å². The van der Waals surface area contributed by atoms with E-state index in [2.05, 4.69) is 11.9 Å². The molecule has 0 radical (unpaired) electrons. The number of imide groups is 1. The maximum absolute atomic E-state index is 13.1. The molecule has 2 aliphatic rings. The van der Waals surface area contributed by atoms with E-state index in [1.165, 1.54) is 4.90 Å². The highest BCUT2D eigenvalue weighted by molar-refractivity contribution is 6.35. The molecular weight excluding hydrogens is 330 g/mol. The Morgan fingerprint density at radius 2 is 1.77 bits per heavy atom. The van der Waals surface area contributed by atoms with E-state index >= 15 is 0 Å². The van der Waals surface area contributed by atoms with Crippen LogP contribution in [0.5, 0.6) is 0 Å². The van der Waals surface area contributed by atoms with E-state index in [-0.39, 0.29) is 24.4 Å². The van der Waals surface area contributed by atoms with Crippen molar-refractivity contribution in [3.05, 3.63) is 41.6 Å². The van der Waals surface area contributed by atoms with E-state index < -0.39 is 0 Å². The van der Waals surface area contributed by atoms with E-state index in [1.54, 1.807) is 7.11 Å². The molecule has 0 unspecified atom stereocenters. The van der Waals surface area contributed by atoms with Gasteiger partial charge in [-0.1, -0.05) is 30.3 Å². The molecule has 2 amide bonds. The van der Waals surface area contributed by atoms with Crippen LogP contribution >= 0.6 is 0 Å². The average molecular weight is 357 g/mol. The predicted molar refractivity (Wildman–Crippen MR) is 100 cm³/mol. The van der Waals surface area contributed by atoms with Gasteiger partial charge in [-0.15, -0.1) is 0 Å². The second kappa shape index (κ2) is 8.01. The Bertz CT molecular complexity index is 694. The van der Waals surface area contributed by atoms with E-state index in [9.17, 15) is 9.59 Å². The monoisotopic (exact) mass is 357 g/mol. The summed E-state index contributed by atoms with van der Waals surface area (Å²) in [5.41, 5.74) is 1.82. The Morgan fingerprint density at radius 1 is 1.12 bits per heavy atom. The summed E-state index contributed by atoms with van der Waals surface area (Å²) in [5.74, 6) is -0.444. The molecule has 0 atom stereocenters. The van der Waals surface area contributed by atoms with Crippen LogP contribution < -0.4 is 0 Å². The van der Waals surface area contributed by atoms with Gasteiger partial charge in [-0.2, -0.15) is 0 Å². The second-order valence-electron chi connectivity index (χ2n) is 6.99. The molecule has 0 bridgehead atoms. The Balaban J connectivity index is 1.96. The standard InChI is InChI=1S/C20H27N3O3/c1-21-11-9-16(10-12-21)22(2)18-17(15-7-5-4-6-8-15)19(24)23(20(18)25)13-14-26-3/h4-8,16H,9-14H2,1-3H3. The fourth-order valence-corrected chi connectivity index (χ4v) is 3.71. The van der Waals surface area contributed by atoms with Crippen LogP contribution in [-0.2, 0) is 14.3 Å². The number of hydrogen-bond donors (Lipinski definition) is 0. The lowest BCUT2D eigenvalue weighted by Gasteiger charge is -2.36. The molecule has 26 heavy (non-hydrogen) atoms. The number of ether oxygens (including phenoxy) is 1. The largest absolute Gasteiger partial charge is 0.383 e. The third-order valence-corrected chi connectivity index (χ3v) is 5.31. The average Bonchev–Trinajstić information content (AvgIpc) is 2.91. The van der Waals surface area contributed by atoms with Gasteiger partial charge in [0.05, 0.1) is 18.7 Å². The van der Waals surface area contributed by atoms with Crippen LogP contribution in [0.4, 0.5) is 0 Å². The third-order valence-electron chi connectivity index (χ3n) is 5.31. The molecule has 140 valence electrons. The molecule has 6 heteroatoms. The summed E-state index contributed by atoms with van der Waals surface area (Å²) in [5, 5.41) is 0. The first-order valence-corrected chi connectivity index (χ1v) is 9.10. The van der Waals surface area contributed by atoms with Gasteiger partial charge in [-0.25, -0.2) is 0 Å². The highest BCUT2D eigenvalue weighted by Gasteiger charge is 2.42. The summed E-state index contributed by atoms with van der Waals surface area (Å²) in [7, 11) is 5.63. The molecule has 0 saturated carbocycles. The quantitative estimate of drug-likeness (QED) is 0.721. The van der Waals surface area contributed by atoms with Gasteiger partial charge < -0.3 is 14.5 Å². The molecule has 1 saturated heterocycles. The van der Waals surface area contributed by atoms with Crippen molar-refractivity contribution >= 4 is 17.4 Å². The molecule has 1 aromatic rings. The summed E-state index contributed by atoms with van der Waals surface area (Å²) < 4.78 is 5.08. The lowest BCUT2D eigenvalue weighted by atomic mass is 10.0. The number of likely N-dealkylation sites (N-methyl/N-ethyl adjacent to an activating group) is 1. The van der Waals surface area contributed by atoms with E-state index in [0.717, 1.165) is 31.5 Å². The topological polar surface area (TPSA) is 53.1 Å². The molecular formula is C20H27N3O3. The number of methoxy groups -OCH3 is 1. The number of amides is 2. The van der Waals surface area contributed by atoms with Gasteiger partial charge in [0, 0.05) is 20.2 Å². The number of piperidine rings is 1. The predicted octanol–water partition coefficient (Wildman–Crippen LogP) is 1.44. The fraction of sp³-hybridized carbons (Fsp3) is 0.500. The Labute approximate surface area is 155 Å². The number of likely N-dealkylation sites (tertiary alicyclic amines) is 1. The number of carbonyl (C=O) groups excluding carboxylic acids is 2. The first-order chi connectivity index (χ1) is 12.5. The van der Waals surface area contributed by atoms with E-state index in [4.69, 9.17) is 4.74 Å². The van der Waals surface area contributed by atoms with Crippen LogP contribution in [0.25, 0.3) is 5.57 Å². The molecule has 0 spiro atoms. The minimum atomic E-state index is -0.229. The number of rotatable bonds is 6. The van der Waals surface area contributed by atoms with Crippen LogP contribution in [0.2, 0.25) is 0 Å². The van der Waals surface area contributed by atoms with Gasteiger partial charge in [0.1, 0.15) is 5.70 Å². The van der Waals surface area contributed by atoms with Crippen molar-refractivity contribution in [1.82, 2.24) is 14.7 Å². The molecule has 3 rings (SSSR count). The van der Waals surface area contributed by atoms with Crippen LogP contribution in [0.3, 0.4) is 0 Å². The number of carbonyl (C=O) groups is 2. The smallest absolute Gasteiger partial charge is 0.277 e. The summed E-state index contributed by atoms with van der Waals surface area (Å²) in [6.07, 6.45) is 1.97. The van der Waals surface area contributed by atoms with Gasteiger partial charge in [0.15, 0.2) is 0 Å². The first kappa shape index (κ1) is 18.6. The second-order valence-corrected chi connectivity index (χ2v) is 6.99. The van der Waals surface area contributed by atoms with Gasteiger partial charge >= 0.3 is 0 Å². The van der Waals surface area contributed by atoms with Crippen molar-refractivity contribution in [3.63, 3.8) is 0 Å². The highest BCUT2D eigenvalue weighted by Crippen LogP contribution is 2.33. The molecule has 1 fully saturated rings. The maximum Gasteiger partial charge on any atom is 0.277 e. The summed E-state index contributed by atoms with van der Waals surface area (Å²) in [4.78, 5) is 31.8. The molecule has 2 heterocycles. The zero-order valence-electron chi connectivity index (χ0n) is 15.8. The van der Waals surface area contributed by atoms with Crippen LogP contribution in [-0.4, -0.2) is 80.0 Å². The molecule has 2 aliphatic heterocycles. The van der Waals surface area contributed by atoms with Crippen LogP contribution in [0.1, 0.15) is 18.4 Å². The number of benzene rings is 1. The van der Waals surface area contributed by atoms with Gasteiger partial charge in [0.25, 0.3) is 11.8 Å². The molecule has 0 aromatic heterocycles. The van der Waals surface area contributed by atoms with Crippen molar-refractivity contribution in [3.8, 4) is 0 Å². The minimum Gasteiger partial charge on any atom is -0.383 e. The SMILES string of the molecule is COCCN1C(=O)C(c2ccccc2)=C(N(C)C2CCN(C)CC2)C1=O. The number of hydrogen-bond acceptors (Lipinski definition) is 5. The van der Waals surface area contributed by atoms with Gasteiger partial charge in [0.2, 0.25) is 0 Å². The lowest BCUT2D eigenvalue weighted by Crippen LogP contribution is -2.44. The van der Waals surface area contributed by atoms with Crippen molar-refractivity contribution in [2.75, 3.05) is 47.4 Å². The summed E-state index contributed by atoms with van der Waals surface area (Å²) in [6.45, 7) is 2.61. The van der Waals surface area contributed by atoms with Crippen molar-refractivity contribution in [2.45, 2.75) is 18.9 Å². The Hall–Kier alpha value is -2.18. The summed E-state index contributed by atoms with van der Waals surface area (Å²) in [6, 6.07) is 9.75. The first-order valence-electron chi connectivity index (χ1n) is 9.10. The van der Waals surface area contributed by atoms with Gasteiger partial charge in [-0.05, 0) is 38.5 Å². The van der Waals surface area contributed by atoms with Crippen LogP contribution in [0, 0.1) is 0 Å².